The molecule has 0 aliphatic carbocycles. The van der Waals surface area contributed by atoms with Crippen molar-refractivity contribution in [3.63, 3.8) is 0 Å². The third kappa shape index (κ3) is 6.45. The smallest absolute Gasteiger partial charge is 0.243 e. The van der Waals surface area contributed by atoms with E-state index in [1.807, 2.05) is 0 Å². The molecule has 1 unspecified atom stereocenters. The van der Waals surface area contributed by atoms with Crippen molar-refractivity contribution in [1.29, 1.82) is 0 Å². The fourth-order valence-electron chi connectivity index (χ4n) is 5.01. The van der Waals surface area contributed by atoms with Gasteiger partial charge in [-0.2, -0.15) is 0 Å². The second-order valence-electron chi connectivity index (χ2n) is 9.92. The van der Waals surface area contributed by atoms with E-state index in [1.165, 1.54) is 11.1 Å². The van der Waals surface area contributed by atoms with Gasteiger partial charge in [0, 0.05) is 32.1 Å². The molecule has 2 aliphatic rings. The molecular formula is C24H39N3O4S. The van der Waals surface area contributed by atoms with E-state index < -0.39 is 15.6 Å². The molecule has 1 aromatic carbocycles. The van der Waals surface area contributed by atoms with Gasteiger partial charge >= 0.3 is 0 Å². The molecular weight excluding hydrogens is 426 g/mol. The molecule has 3 rings (SSSR count). The van der Waals surface area contributed by atoms with E-state index in [4.69, 9.17) is 4.74 Å². The summed E-state index contributed by atoms with van der Waals surface area (Å²) in [7, 11) is -3.45. The van der Waals surface area contributed by atoms with Crippen molar-refractivity contribution in [1.82, 2.24) is 14.5 Å². The summed E-state index contributed by atoms with van der Waals surface area (Å²) in [5, 5.41) is 0. The van der Waals surface area contributed by atoms with Gasteiger partial charge in [0.1, 0.15) is 11.3 Å². The van der Waals surface area contributed by atoms with Gasteiger partial charge < -0.3 is 14.5 Å². The Labute approximate surface area is 193 Å². The van der Waals surface area contributed by atoms with Crippen molar-refractivity contribution < 1.29 is 17.9 Å². The van der Waals surface area contributed by atoms with Crippen LogP contribution in [0.5, 0.6) is 5.75 Å². The Hall–Kier alpha value is -1.64. The number of benzene rings is 1. The fraction of sp³-hybridized carbons (Fsp3) is 0.708. The summed E-state index contributed by atoms with van der Waals surface area (Å²) in [5.41, 5.74) is 1.56. The van der Waals surface area contributed by atoms with Crippen LogP contribution in [-0.2, 0) is 27.7 Å². The van der Waals surface area contributed by atoms with E-state index in [0.29, 0.717) is 25.0 Å². The van der Waals surface area contributed by atoms with Crippen LogP contribution in [0.2, 0.25) is 0 Å². The van der Waals surface area contributed by atoms with Gasteiger partial charge in [-0.05, 0) is 69.7 Å². The Morgan fingerprint density at radius 1 is 1.31 bits per heavy atom. The largest absolute Gasteiger partial charge is 0.493 e. The van der Waals surface area contributed by atoms with Crippen molar-refractivity contribution in [3.8, 4) is 5.75 Å². The molecule has 0 aromatic heterocycles. The van der Waals surface area contributed by atoms with Crippen molar-refractivity contribution in [3.05, 3.63) is 29.3 Å². The van der Waals surface area contributed by atoms with E-state index in [9.17, 15) is 13.2 Å². The van der Waals surface area contributed by atoms with Crippen molar-refractivity contribution >= 4 is 15.9 Å². The van der Waals surface area contributed by atoms with Gasteiger partial charge in [0.05, 0.1) is 12.9 Å². The summed E-state index contributed by atoms with van der Waals surface area (Å²) >= 11 is 0. The van der Waals surface area contributed by atoms with Crippen molar-refractivity contribution in [2.45, 2.75) is 65.0 Å². The first-order valence-electron chi connectivity index (χ1n) is 11.8. The number of nitrogens with one attached hydrogen (secondary N) is 1. The Kier molecular flexibility index (Phi) is 7.89. The maximum Gasteiger partial charge on any atom is 0.243 e. The number of sulfonamides is 1. The fourth-order valence-corrected chi connectivity index (χ4v) is 6.02. The van der Waals surface area contributed by atoms with Crippen LogP contribution in [0.25, 0.3) is 0 Å². The number of likely N-dealkylation sites (tertiary alicyclic amines) is 1. The number of amides is 1. The van der Waals surface area contributed by atoms with Crippen LogP contribution in [0.3, 0.4) is 0 Å². The number of carbonyl (C=O) groups is 1. The van der Waals surface area contributed by atoms with Gasteiger partial charge in [-0.25, -0.2) is 13.1 Å². The highest BCUT2D eigenvalue weighted by atomic mass is 32.2. The van der Waals surface area contributed by atoms with Gasteiger partial charge in [0.25, 0.3) is 0 Å². The monoisotopic (exact) mass is 465 g/mol. The molecule has 1 N–H and O–H groups in total. The average Bonchev–Trinajstić information content (AvgIpc) is 3.18. The molecule has 8 heteroatoms. The van der Waals surface area contributed by atoms with E-state index in [2.05, 4.69) is 41.7 Å². The highest BCUT2D eigenvalue weighted by Crippen LogP contribution is 2.27. The van der Waals surface area contributed by atoms with Crippen LogP contribution in [0.15, 0.2) is 18.2 Å². The number of ether oxygens (including phenoxy) is 1. The highest BCUT2D eigenvalue weighted by molar-refractivity contribution is 7.88. The third-order valence-corrected chi connectivity index (χ3v) is 7.57. The zero-order valence-electron chi connectivity index (χ0n) is 20.2. The van der Waals surface area contributed by atoms with Gasteiger partial charge in [-0.3, -0.25) is 4.79 Å². The van der Waals surface area contributed by atoms with Gasteiger partial charge in [0.15, 0.2) is 0 Å². The minimum absolute atomic E-state index is 0.150. The zero-order valence-corrected chi connectivity index (χ0v) is 21.0. The van der Waals surface area contributed by atoms with Crippen LogP contribution in [0, 0.1) is 5.92 Å². The summed E-state index contributed by atoms with van der Waals surface area (Å²) < 4.78 is 31.3. The predicted octanol–water partition coefficient (Wildman–Crippen LogP) is 2.44. The van der Waals surface area contributed by atoms with Crippen LogP contribution in [0.4, 0.5) is 0 Å². The number of hydrogen-bond acceptors (Lipinski definition) is 5. The molecule has 180 valence electrons. The summed E-state index contributed by atoms with van der Waals surface area (Å²) in [6.45, 7) is 11.9. The molecule has 1 saturated heterocycles. The van der Waals surface area contributed by atoms with Gasteiger partial charge in [-0.1, -0.05) is 19.1 Å². The quantitative estimate of drug-likeness (QED) is 0.606. The first-order chi connectivity index (χ1) is 15.0. The standard InChI is InChI=1S/C24H39N3O4S/c1-6-26(18(2)15-20-7-8-22-21(16-20)11-14-31-22)17-19-9-12-27(13-10-19)23(28)24(3,4)25-32(5,29)30/h7-8,16,18-19,25H,6,9-15,17H2,1-5H3. The molecule has 1 amide bonds. The number of nitrogens with zero attached hydrogens (tertiary/aromatic N) is 2. The molecule has 2 heterocycles. The molecule has 0 bridgehead atoms. The van der Waals surface area contributed by atoms with Crippen LogP contribution >= 0.6 is 0 Å². The summed E-state index contributed by atoms with van der Waals surface area (Å²) in [5.74, 6) is 1.42. The number of piperidine rings is 1. The number of hydrogen-bond donors (Lipinski definition) is 1. The second-order valence-corrected chi connectivity index (χ2v) is 11.7. The molecule has 7 nitrogen and oxygen atoms in total. The lowest BCUT2D eigenvalue weighted by molar-refractivity contribution is -0.137. The molecule has 1 aromatic rings. The lowest BCUT2D eigenvalue weighted by Gasteiger charge is -2.39. The molecule has 1 atom stereocenters. The molecule has 0 saturated carbocycles. The van der Waals surface area contributed by atoms with Crippen molar-refractivity contribution in [2.75, 3.05) is 39.0 Å². The first kappa shape index (κ1) is 25.0. The average molecular weight is 466 g/mol. The molecule has 1 fully saturated rings. The summed E-state index contributed by atoms with van der Waals surface area (Å²) in [4.78, 5) is 17.2. The van der Waals surface area contributed by atoms with E-state index >= 15 is 0 Å². The second kappa shape index (κ2) is 10.1. The topological polar surface area (TPSA) is 79.0 Å². The normalized spacial score (nSPS) is 18.5. The Morgan fingerprint density at radius 2 is 2.00 bits per heavy atom. The van der Waals surface area contributed by atoms with E-state index in [-0.39, 0.29) is 5.91 Å². The highest BCUT2D eigenvalue weighted by Gasteiger charge is 2.36. The lowest BCUT2D eigenvalue weighted by atomic mass is 9.93. The number of likely N-dealkylation sites (N-methyl/N-ethyl adjacent to an activating group) is 1. The Balaban J connectivity index is 1.51. The molecule has 32 heavy (non-hydrogen) atoms. The SMILES string of the molecule is CCN(CC1CCN(C(=O)C(C)(C)NS(C)(=O)=O)CC1)C(C)Cc1ccc2c(c1)CCO2. The lowest BCUT2D eigenvalue weighted by Crippen LogP contribution is -2.57. The summed E-state index contributed by atoms with van der Waals surface area (Å²) in [6.07, 6.45) is 5.00. The van der Waals surface area contributed by atoms with Crippen LogP contribution in [0.1, 0.15) is 51.7 Å². The Morgan fingerprint density at radius 3 is 2.62 bits per heavy atom. The van der Waals surface area contributed by atoms with E-state index in [0.717, 1.165) is 57.4 Å². The number of fused-ring (bicyclic) bond motifs is 1. The van der Waals surface area contributed by atoms with Crippen LogP contribution in [-0.4, -0.2) is 74.7 Å². The Bertz CT molecular complexity index is 908. The van der Waals surface area contributed by atoms with E-state index in [1.54, 1.807) is 18.7 Å². The maximum atomic E-state index is 12.9. The summed E-state index contributed by atoms with van der Waals surface area (Å²) in [6, 6.07) is 7.03. The number of rotatable bonds is 9. The molecule has 2 aliphatic heterocycles. The predicted molar refractivity (Wildman–Crippen MR) is 127 cm³/mol. The zero-order chi connectivity index (χ0) is 23.5. The minimum Gasteiger partial charge on any atom is -0.493 e. The molecule has 0 spiro atoms. The third-order valence-electron chi connectivity index (χ3n) is 6.68. The minimum atomic E-state index is -3.45. The van der Waals surface area contributed by atoms with Crippen molar-refractivity contribution in [2.24, 2.45) is 5.92 Å². The number of carbonyl (C=O) groups excluding carboxylic acids is 1. The first-order valence-corrected chi connectivity index (χ1v) is 13.6. The van der Waals surface area contributed by atoms with Crippen LogP contribution < -0.4 is 9.46 Å². The maximum absolute atomic E-state index is 12.9. The van der Waals surface area contributed by atoms with Gasteiger partial charge in [0.2, 0.25) is 15.9 Å². The molecule has 0 radical (unpaired) electrons. The van der Waals surface area contributed by atoms with Gasteiger partial charge in [-0.15, -0.1) is 0 Å².